The van der Waals surface area contributed by atoms with Crippen LogP contribution in [0.25, 0.3) is 11.3 Å². The van der Waals surface area contributed by atoms with E-state index in [1.807, 2.05) is 43.3 Å². The van der Waals surface area contributed by atoms with Crippen molar-refractivity contribution in [2.24, 2.45) is 5.92 Å². The van der Waals surface area contributed by atoms with Gasteiger partial charge in [-0.3, -0.25) is 9.59 Å². The van der Waals surface area contributed by atoms with Crippen molar-refractivity contribution in [2.75, 3.05) is 38.7 Å². The van der Waals surface area contributed by atoms with Gasteiger partial charge < -0.3 is 30.5 Å². The highest BCUT2D eigenvalue weighted by Crippen LogP contribution is 2.31. The summed E-state index contributed by atoms with van der Waals surface area (Å²) in [4.78, 5) is 36.0. The Balaban J connectivity index is 1.44. The molecule has 3 aromatic rings. The second-order valence-electron chi connectivity index (χ2n) is 9.10. The Morgan fingerprint density at radius 2 is 2.00 bits per heavy atom. The summed E-state index contributed by atoms with van der Waals surface area (Å²) < 4.78 is 5.25. The lowest BCUT2D eigenvalue weighted by Gasteiger charge is -2.19. The molecule has 4 rings (SSSR count). The number of rotatable bonds is 11. The van der Waals surface area contributed by atoms with Gasteiger partial charge in [0.2, 0.25) is 11.9 Å². The van der Waals surface area contributed by atoms with Gasteiger partial charge in [-0.05, 0) is 36.2 Å². The van der Waals surface area contributed by atoms with Gasteiger partial charge in [0.15, 0.2) is 0 Å². The van der Waals surface area contributed by atoms with Gasteiger partial charge in [0, 0.05) is 43.3 Å². The van der Waals surface area contributed by atoms with E-state index < -0.39 is 0 Å². The number of anilines is 1. The van der Waals surface area contributed by atoms with E-state index in [1.165, 1.54) is 11.1 Å². The first kappa shape index (κ1) is 27.3. The van der Waals surface area contributed by atoms with Gasteiger partial charge in [-0.25, -0.2) is 9.97 Å². The van der Waals surface area contributed by atoms with Gasteiger partial charge in [-0.2, -0.15) is 0 Å². The first-order valence-corrected chi connectivity index (χ1v) is 12.5. The number of hydrogen-bond acceptors (Lipinski definition) is 8. The van der Waals surface area contributed by atoms with Crippen molar-refractivity contribution in [2.45, 2.75) is 19.5 Å². The largest absolute Gasteiger partial charge is 0.497 e. The standard InChI is InChI=1S/C27H30ClN5O5/c1-16(18-4-3-5-21(8-18)38-2)31-24(36)13-33-12-20-7-6-19(9-22(20)26(33)37)25-23(28)11-30-27(32-25)29-10-17(14-34)15-35/h3-9,11,16-17,34-35H,10,12-15H2,1-2H3,(H,31,36)(H,29,30,32)/t16-/m1/s1. The molecule has 2 heterocycles. The molecule has 0 saturated carbocycles. The number of fused-ring (bicyclic) bond motifs is 1. The van der Waals surface area contributed by atoms with E-state index in [1.54, 1.807) is 13.2 Å². The Bertz CT molecular complexity index is 1320. The molecule has 10 nitrogen and oxygen atoms in total. The van der Waals surface area contributed by atoms with Crippen molar-refractivity contribution >= 4 is 29.4 Å². The van der Waals surface area contributed by atoms with Crippen molar-refractivity contribution in [1.29, 1.82) is 0 Å². The molecular weight excluding hydrogens is 510 g/mol. The normalized spacial score (nSPS) is 13.4. The van der Waals surface area contributed by atoms with Crippen LogP contribution >= 0.6 is 11.6 Å². The highest BCUT2D eigenvalue weighted by molar-refractivity contribution is 6.33. The second kappa shape index (κ2) is 12.2. The van der Waals surface area contributed by atoms with Crippen molar-refractivity contribution in [3.63, 3.8) is 0 Å². The van der Waals surface area contributed by atoms with Crippen LogP contribution in [-0.2, 0) is 11.3 Å². The number of benzene rings is 2. The zero-order chi connectivity index (χ0) is 27.2. The number of halogens is 1. The van der Waals surface area contributed by atoms with Crippen LogP contribution in [0.3, 0.4) is 0 Å². The fraction of sp³-hybridized carbons (Fsp3) is 0.333. The maximum absolute atomic E-state index is 13.2. The summed E-state index contributed by atoms with van der Waals surface area (Å²) in [7, 11) is 1.59. The van der Waals surface area contributed by atoms with Crippen LogP contribution in [0.5, 0.6) is 5.75 Å². The summed E-state index contributed by atoms with van der Waals surface area (Å²) in [6.45, 7) is 2.06. The summed E-state index contributed by atoms with van der Waals surface area (Å²) in [5.41, 5.74) is 3.27. The van der Waals surface area contributed by atoms with Gasteiger partial charge in [0.05, 0.1) is 30.1 Å². The van der Waals surface area contributed by atoms with E-state index in [0.29, 0.717) is 34.1 Å². The first-order chi connectivity index (χ1) is 18.3. The lowest BCUT2D eigenvalue weighted by atomic mass is 10.0. The smallest absolute Gasteiger partial charge is 0.254 e. The molecule has 200 valence electrons. The molecule has 1 aliphatic heterocycles. The third-order valence-electron chi connectivity index (χ3n) is 6.38. The molecule has 0 spiro atoms. The maximum atomic E-state index is 13.2. The molecule has 38 heavy (non-hydrogen) atoms. The minimum absolute atomic E-state index is 0.0730. The van der Waals surface area contributed by atoms with Crippen LogP contribution in [0.4, 0.5) is 5.95 Å². The quantitative estimate of drug-likeness (QED) is 0.292. The fourth-order valence-electron chi connectivity index (χ4n) is 4.17. The second-order valence-corrected chi connectivity index (χ2v) is 9.51. The van der Waals surface area contributed by atoms with Crippen LogP contribution in [0.15, 0.2) is 48.7 Å². The third kappa shape index (κ3) is 6.21. The van der Waals surface area contributed by atoms with Crippen molar-refractivity contribution < 1.29 is 24.5 Å². The predicted octanol–water partition coefficient (Wildman–Crippen LogP) is 2.65. The number of aliphatic hydroxyl groups is 2. The maximum Gasteiger partial charge on any atom is 0.254 e. The number of aromatic nitrogens is 2. The monoisotopic (exact) mass is 539 g/mol. The number of methoxy groups -OCH3 is 1. The van der Waals surface area contributed by atoms with E-state index in [0.717, 1.165) is 11.1 Å². The summed E-state index contributed by atoms with van der Waals surface area (Å²) in [6.07, 6.45) is 1.45. The highest BCUT2D eigenvalue weighted by Gasteiger charge is 2.30. The van der Waals surface area contributed by atoms with Crippen molar-refractivity contribution in [3.05, 3.63) is 70.4 Å². The lowest BCUT2D eigenvalue weighted by molar-refractivity contribution is -0.122. The van der Waals surface area contributed by atoms with Crippen LogP contribution in [0.1, 0.15) is 34.5 Å². The predicted molar refractivity (Wildman–Crippen MR) is 143 cm³/mol. The number of ether oxygens (including phenoxy) is 1. The Morgan fingerprint density at radius 1 is 1.21 bits per heavy atom. The molecule has 0 aliphatic carbocycles. The zero-order valence-electron chi connectivity index (χ0n) is 21.1. The SMILES string of the molecule is COc1cccc([C@@H](C)NC(=O)CN2Cc3ccc(-c4nc(NCC(CO)CO)ncc4Cl)cc3C2=O)c1. The first-order valence-electron chi connectivity index (χ1n) is 12.2. The average molecular weight is 540 g/mol. The number of aliphatic hydroxyl groups excluding tert-OH is 2. The molecule has 0 fully saturated rings. The molecule has 11 heteroatoms. The van der Waals surface area contributed by atoms with E-state index >= 15 is 0 Å². The summed E-state index contributed by atoms with van der Waals surface area (Å²) in [6, 6.07) is 12.6. The minimum Gasteiger partial charge on any atom is -0.497 e. The number of nitrogens with one attached hydrogen (secondary N) is 2. The summed E-state index contributed by atoms with van der Waals surface area (Å²) >= 11 is 6.36. The van der Waals surface area contributed by atoms with E-state index in [4.69, 9.17) is 16.3 Å². The van der Waals surface area contributed by atoms with Gasteiger partial charge in [0.1, 0.15) is 12.3 Å². The average Bonchev–Trinajstić information content (AvgIpc) is 3.24. The Labute approximate surface area is 225 Å². The Hall–Kier alpha value is -3.73. The molecule has 2 amide bonds. The lowest BCUT2D eigenvalue weighted by Crippen LogP contribution is -2.38. The number of carbonyl (C=O) groups is 2. The van der Waals surface area contributed by atoms with Crippen LogP contribution < -0.4 is 15.4 Å². The number of amides is 2. The molecule has 0 unspecified atom stereocenters. The van der Waals surface area contributed by atoms with E-state index in [9.17, 15) is 19.8 Å². The van der Waals surface area contributed by atoms with Gasteiger partial charge in [0.25, 0.3) is 5.91 Å². The molecular formula is C27H30ClN5O5. The van der Waals surface area contributed by atoms with Gasteiger partial charge in [-0.1, -0.05) is 35.9 Å². The zero-order valence-corrected chi connectivity index (χ0v) is 21.9. The van der Waals surface area contributed by atoms with Gasteiger partial charge in [-0.15, -0.1) is 0 Å². The number of nitrogens with zero attached hydrogens (tertiary/aromatic N) is 3. The molecule has 2 aromatic carbocycles. The van der Waals surface area contributed by atoms with Crippen LogP contribution in [0, 0.1) is 5.92 Å². The number of hydrogen-bond donors (Lipinski definition) is 4. The molecule has 1 aromatic heterocycles. The minimum atomic E-state index is -0.350. The molecule has 1 atom stereocenters. The molecule has 4 N–H and O–H groups in total. The topological polar surface area (TPSA) is 137 Å². The van der Waals surface area contributed by atoms with E-state index in [-0.39, 0.29) is 56.0 Å². The molecule has 1 aliphatic rings. The fourth-order valence-corrected chi connectivity index (χ4v) is 4.37. The molecule has 0 radical (unpaired) electrons. The van der Waals surface area contributed by atoms with Crippen LogP contribution in [-0.4, -0.2) is 70.3 Å². The Morgan fingerprint density at radius 3 is 2.74 bits per heavy atom. The number of carbonyl (C=O) groups excluding carboxylic acids is 2. The highest BCUT2D eigenvalue weighted by atomic mass is 35.5. The Kier molecular flexibility index (Phi) is 8.77. The molecule has 0 bridgehead atoms. The third-order valence-corrected chi connectivity index (χ3v) is 6.65. The summed E-state index contributed by atoms with van der Waals surface area (Å²) in [5, 5.41) is 24.7. The van der Waals surface area contributed by atoms with Crippen molar-refractivity contribution in [3.8, 4) is 17.0 Å². The van der Waals surface area contributed by atoms with Gasteiger partial charge >= 0.3 is 0 Å². The van der Waals surface area contributed by atoms with Crippen LogP contribution in [0.2, 0.25) is 5.02 Å². The molecule has 0 saturated heterocycles. The van der Waals surface area contributed by atoms with Crippen molar-refractivity contribution in [1.82, 2.24) is 20.2 Å². The summed E-state index contributed by atoms with van der Waals surface area (Å²) in [5.74, 6) is 0.128. The van der Waals surface area contributed by atoms with E-state index in [2.05, 4.69) is 20.6 Å².